The number of H-pyrrole nitrogens is 1. The van der Waals surface area contributed by atoms with Crippen molar-refractivity contribution in [3.8, 4) is 0 Å². The number of benzene rings is 3. The minimum absolute atomic E-state index is 0.0177. The zero-order valence-electron chi connectivity index (χ0n) is 18.9. The molecule has 1 aliphatic heterocycles. The van der Waals surface area contributed by atoms with Crippen LogP contribution in [0.1, 0.15) is 28.8 Å². The highest BCUT2D eigenvalue weighted by molar-refractivity contribution is 6.31. The molecule has 174 valence electrons. The van der Waals surface area contributed by atoms with Crippen molar-refractivity contribution in [2.45, 2.75) is 25.4 Å². The van der Waals surface area contributed by atoms with Crippen molar-refractivity contribution in [1.82, 2.24) is 9.88 Å². The summed E-state index contributed by atoms with van der Waals surface area (Å²) in [5.74, 6) is -0.667. The minimum atomic E-state index is -0.667. The van der Waals surface area contributed by atoms with Crippen molar-refractivity contribution >= 4 is 44.9 Å². The van der Waals surface area contributed by atoms with E-state index < -0.39 is 11.5 Å². The lowest BCUT2D eigenvalue weighted by molar-refractivity contribution is 0.0600. The Morgan fingerprint density at radius 1 is 1.09 bits per heavy atom. The van der Waals surface area contributed by atoms with Crippen LogP contribution in [0.2, 0.25) is 5.02 Å². The van der Waals surface area contributed by atoms with Crippen LogP contribution < -0.4 is 10.9 Å². The number of halogens is 1. The molecule has 1 aromatic heterocycles. The maximum absolute atomic E-state index is 12.7. The normalized spacial score (nSPS) is 15.0. The van der Waals surface area contributed by atoms with E-state index in [4.69, 9.17) is 16.3 Å². The number of carbonyl (C=O) groups is 1. The number of nitrogens with one attached hydrogen (secondary N) is 2. The Kier molecular flexibility index (Phi) is 6.26. The van der Waals surface area contributed by atoms with E-state index >= 15 is 0 Å². The first-order valence-electron chi connectivity index (χ1n) is 11.4. The van der Waals surface area contributed by atoms with Gasteiger partial charge in [0, 0.05) is 36.1 Å². The molecule has 0 bridgehead atoms. The average molecular weight is 476 g/mol. The van der Waals surface area contributed by atoms with E-state index in [0.29, 0.717) is 21.6 Å². The van der Waals surface area contributed by atoms with Gasteiger partial charge in [0.05, 0.1) is 18.3 Å². The second kappa shape index (κ2) is 9.49. The summed E-state index contributed by atoms with van der Waals surface area (Å²) in [6, 6.07) is 20.4. The summed E-state index contributed by atoms with van der Waals surface area (Å²) in [6.07, 6.45) is 1.78. The number of methoxy groups -OCH3 is 1. The average Bonchev–Trinajstić information content (AvgIpc) is 2.85. The van der Waals surface area contributed by atoms with E-state index in [1.165, 1.54) is 23.4 Å². The quantitative estimate of drug-likeness (QED) is 0.388. The highest BCUT2D eigenvalue weighted by Crippen LogP contribution is 2.29. The Morgan fingerprint density at radius 2 is 1.85 bits per heavy atom. The largest absolute Gasteiger partial charge is 0.465 e. The first-order chi connectivity index (χ1) is 16.5. The summed E-state index contributed by atoms with van der Waals surface area (Å²) < 4.78 is 4.90. The lowest BCUT2D eigenvalue weighted by atomic mass is 10.0. The molecule has 2 N–H and O–H groups in total. The molecule has 1 saturated heterocycles. The number of aromatic nitrogens is 1. The standard InChI is InChI=1S/C27H26ClN3O3/c1-34-27(33)24-25(22-15-20(28)8-9-23(22)30-26(24)32)29-21-10-12-31(13-11-21)16-17-6-7-18-4-2-3-5-19(18)14-17/h2-9,14-15,21H,10-13,16H2,1H3,(H2,29,30,32). The zero-order chi connectivity index (χ0) is 23.7. The van der Waals surface area contributed by atoms with Crippen LogP contribution in [0.15, 0.2) is 65.5 Å². The number of fused-ring (bicyclic) bond motifs is 2. The number of esters is 1. The summed E-state index contributed by atoms with van der Waals surface area (Å²) in [4.78, 5) is 30.3. The van der Waals surface area contributed by atoms with Gasteiger partial charge in [-0.15, -0.1) is 0 Å². The topological polar surface area (TPSA) is 74.4 Å². The maximum Gasteiger partial charge on any atom is 0.345 e. The van der Waals surface area contributed by atoms with Crippen molar-refractivity contribution in [2.75, 3.05) is 25.5 Å². The van der Waals surface area contributed by atoms with Crippen LogP contribution in [0.4, 0.5) is 5.69 Å². The van der Waals surface area contributed by atoms with Crippen LogP contribution in [-0.2, 0) is 11.3 Å². The lowest BCUT2D eigenvalue weighted by Crippen LogP contribution is -2.39. The molecule has 34 heavy (non-hydrogen) atoms. The van der Waals surface area contributed by atoms with Crippen LogP contribution >= 0.6 is 11.6 Å². The highest BCUT2D eigenvalue weighted by atomic mass is 35.5. The number of hydrogen-bond donors (Lipinski definition) is 2. The maximum atomic E-state index is 12.7. The number of piperidine rings is 1. The van der Waals surface area contributed by atoms with E-state index in [0.717, 1.165) is 32.5 Å². The number of aromatic amines is 1. The molecule has 5 rings (SSSR count). The molecule has 1 fully saturated rings. The third-order valence-electron chi connectivity index (χ3n) is 6.52. The second-order valence-corrected chi connectivity index (χ2v) is 9.20. The number of rotatable bonds is 5. The molecule has 7 heteroatoms. The molecular formula is C27H26ClN3O3. The van der Waals surface area contributed by atoms with Crippen molar-refractivity contribution in [3.63, 3.8) is 0 Å². The van der Waals surface area contributed by atoms with E-state index in [9.17, 15) is 9.59 Å². The third-order valence-corrected chi connectivity index (χ3v) is 6.76. The van der Waals surface area contributed by atoms with Gasteiger partial charge in [-0.05, 0) is 53.4 Å². The number of hydrogen-bond acceptors (Lipinski definition) is 5. The number of carbonyl (C=O) groups excluding carboxylic acids is 1. The van der Waals surface area contributed by atoms with Gasteiger partial charge >= 0.3 is 5.97 Å². The molecule has 0 unspecified atom stereocenters. The minimum Gasteiger partial charge on any atom is -0.465 e. The summed E-state index contributed by atoms with van der Waals surface area (Å²) in [7, 11) is 1.28. The Labute approximate surface area is 202 Å². The van der Waals surface area contributed by atoms with Gasteiger partial charge in [0.15, 0.2) is 0 Å². The fourth-order valence-electron chi connectivity index (χ4n) is 4.75. The number of pyridine rings is 1. The zero-order valence-corrected chi connectivity index (χ0v) is 19.7. The van der Waals surface area contributed by atoms with Crippen molar-refractivity contribution in [1.29, 1.82) is 0 Å². The highest BCUT2D eigenvalue weighted by Gasteiger charge is 2.25. The molecule has 0 spiro atoms. The van der Waals surface area contributed by atoms with Crippen molar-refractivity contribution in [3.05, 3.63) is 87.2 Å². The SMILES string of the molecule is COC(=O)c1c(NC2CCN(Cc3ccc4ccccc4c3)CC2)c2cc(Cl)ccc2[nH]c1=O. The summed E-state index contributed by atoms with van der Waals surface area (Å²) in [6.45, 7) is 2.73. The predicted octanol–water partition coefficient (Wildman–Crippen LogP) is 5.20. The summed E-state index contributed by atoms with van der Waals surface area (Å²) in [5, 5.41) is 7.22. The molecule has 4 aromatic rings. The molecule has 0 radical (unpaired) electrons. The molecule has 1 aliphatic rings. The van der Waals surface area contributed by atoms with Crippen LogP contribution in [0, 0.1) is 0 Å². The first kappa shape index (κ1) is 22.4. The molecule has 0 amide bonds. The van der Waals surface area contributed by atoms with Crippen molar-refractivity contribution in [2.24, 2.45) is 0 Å². The Morgan fingerprint density at radius 3 is 2.62 bits per heavy atom. The number of anilines is 1. The number of likely N-dealkylation sites (tertiary alicyclic amines) is 1. The molecule has 3 aromatic carbocycles. The smallest absolute Gasteiger partial charge is 0.345 e. The fraction of sp³-hybridized carbons (Fsp3) is 0.259. The monoisotopic (exact) mass is 475 g/mol. The van der Waals surface area contributed by atoms with Crippen LogP contribution in [0.5, 0.6) is 0 Å². The van der Waals surface area contributed by atoms with Gasteiger partial charge in [-0.1, -0.05) is 48.0 Å². The second-order valence-electron chi connectivity index (χ2n) is 8.76. The molecule has 0 aliphatic carbocycles. The van der Waals surface area contributed by atoms with E-state index in [1.54, 1.807) is 18.2 Å². The van der Waals surface area contributed by atoms with E-state index in [2.05, 4.69) is 57.7 Å². The van der Waals surface area contributed by atoms with Crippen LogP contribution in [-0.4, -0.2) is 42.1 Å². The van der Waals surface area contributed by atoms with Crippen molar-refractivity contribution < 1.29 is 9.53 Å². The Bertz CT molecular complexity index is 1420. The summed E-state index contributed by atoms with van der Waals surface area (Å²) >= 11 is 6.23. The molecule has 0 atom stereocenters. The van der Waals surface area contributed by atoms with Gasteiger partial charge in [-0.2, -0.15) is 0 Å². The van der Waals surface area contributed by atoms with Gasteiger partial charge in [-0.25, -0.2) is 4.79 Å². The van der Waals surface area contributed by atoms with Crippen LogP contribution in [0.25, 0.3) is 21.7 Å². The molecule has 2 heterocycles. The number of nitrogens with zero attached hydrogens (tertiary/aromatic N) is 1. The number of ether oxygens (including phenoxy) is 1. The Hall–Kier alpha value is -3.35. The van der Waals surface area contributed by atoms with Crippen LogP contribution in [0.3, 0.4) is 0 Å². The van der Waals surface area contributed by atoms with Gasteiger partial charge in [0.2, 0.25) is 0 Å². The van der Waals surface area contributed by atoms with Gasteiger partial charge in [0.25, 0.3) is 5.56 Å². The predicted molar refractivity (Wildman–Crippen MR) is 137 cm³/mol. The molecular weight excluding hydrogens is 450 g/mol. The van der Waals surface area contributed by atoms with E-state index in [1.807, 2.05) is 0 Å². The van der Waals surface area contributed by atoms with Gasteiger partial charge < -0.3 is 15.0 Å². The molecule has 6 nitrogen and oxygen atoms in total. The summed E-state index contributed by atoms with van der Waals surface area (Å²) in [5.41, 5.74) is 1.92. The van der Waals surface area contributed by atoms with Gasteiger partial charge in [-0.3, -0.25) is 9.69 Å². The first-order valence-corrected chi connectivity index (χ1v) is 11.8. The van der Waals surface area contributed by atoms with E-state index in [-0.39, 0.29) is 11.6 Å². The van der Waals surface area contributed by atoms with Gasteiger partial charge in [0.1, 0.15) is 5.56 Å². The fourth-order valence-corrected chi connectivity index (χ4v) is 4.92. The lowest BCUT2D eigenvalue weighted by Gasteiger charge is -2.33. The third kappa shape index (κ3) is 4.52. The molecule has 0 saturated carbocycles. The Balaban J connectivity index is 1.34.